The maximum Gasteiger partial charge on any atom is 0.222 e. The number of piperidine rings is 1. The molecule has 0 radical (unpaired) electrons. The number of aromatic amines is 1. The average molecular weight is 457 g/mol. The number of nitrogens with zero attached hydrogens (tertiary/aromatic N) is 3. The predicted molar refractivity (Wildman–Crippen MR) is 126 cm³/mol. The van der Waals surface area contributed by atoms with E-state index < -0.39 is 5.54 Å². The molecule has 1 saturated heterocycles. The van der Waals surface area contributed by atoms with Gasteiger partial charge >= 0.3 is 0 Å². The number of methoxy groups -OCH3 is 1. The highest BCUT2D eigenvalue weighted by Crippen LogP contribution is 2.30. The van der Waals surface area contributed by atoms with Crippen LogP contribution in [0.25, 0.3) is 11.0 Å². The van der Waals surface area contributed by atoms with E-state index in [-0.39, 0.29) is 18.4 Å². The number of ether oxygens (including phenoxy) is 1. The van der Waals surface area contributed by atoms with Crippen molar-refractivity contribution in [3.63, 3.8) is 0 Å². The van der Waals surface area contributed by atoms with Gasteiger partial charge in [-0.1, -0.05) is 23.7 Å². The highest BCUT2D eigenvalue weighted by molar-refractivity contribution is 6.30. The Labute approximate surface area is 192 Å². The summed E-state index contributed by atoms with van der Waals surface area (Å²) in [7, 11) is 1.66. The monoisotopic (exact) mass is 456 g/mol. The number of H-pyrrole nitrogens is 1. The number of rotatable bonds is 8. The standard InChI is InChI=1S/C23H29ClN6O2/c1-32-13-7-19(16-2-4-17(24)5-3-16)29-20(31)14-23(25)8-11-30(12-9-23)22-18-6-10-26-21(18)27-15-28-22/h2-6,10,15,19H,7-9,11-14,25H2,1H3,(H,29,31)(H,26,27,28). The van der Waals surface area contributed by atoms with E-state index in [4.69, 9.17) is 22.1 Å². The Hall–Kier alpha value is -2.68. The first-order valence-corrected chi connectivity index (χ1v) is 11.2. The van der Waals surface area contributed by atoms with Crippen molar-refractivity contribution in [3.8, 4) is 0 Å². The zero-order valence-electron chi connectivity index (χ0n) is 18.2. The summed E-state index contributed by atoms with van der Waals surface area (Å²) in [6.07, 6.45) is 5.81. The van der Waals surface area contributed by atoms with E-state index in [1.54, 1.807) is 13.4 Å². The maximum atomic E-state index is 12.9. The van der Waals surface area contributed by atoms with E-state index >= 15 is 0 Å². The summed E-state index contributed by atoms with van der Waals surface area (Å²) in [5.41, 5.74) is 7.94. The Morgan fingerprint density at radius 1 is 1.28 bits per heavy atom. The lowest BCUT2D eigenvalue weighted by Gasteiger charge is -2.39. The molecule has 1 fully saturated rings. The number of anilines is 1. The summed E-state index contributed by atoms with van der Waals surface area (Å²) >= 11 is 6.01. The van der Waals surface area contributed by atoms with E-state index in [1.807, 2.05) is 36.5 Å². The number of nitrogens with one attached hydrogen (secondary N) is 2. The smallest absolute Gasteiger partial charge is 0.222 e. The minimum absolute atomic E-state index is 0.0490. The van der Waals surface area contributed by atoms with Gasteiger partial charge in [0.2, 0.25) is 5.91 Å². The number of benzene rings is 1. The zero-order chi connectivity index (χ0) is 22.6. The Balaban J connectivity index is 1.37. The van der Waals surface area contributed by atoms with Gasteiger partial charge in [0, 0.05) is 50.0 Å². The summed E-state index contributed by atoms with van der Waals surface area (Å²) in [6, 6.07) is 9.37. The van der Waals surface area contributed by atoms with Crippen LogP contribution in [0.4, 0.5) is 5.82 Å². The molecule has 1 unspecified atom stereocenters. The number of halogens is 1. The van der Waals surface area contributed by atoms with Gasteiger partial charge in [-0.2, -0.15) is 0 Å². The van der Waals surface area contributed by atoms with Crippen LogP contribution in [0.2, 0.25) is 5.02 Å². The van der Waals surface area contributed by atoms with Crippen LogP contribution in [-0.2, 0) is 9.53 Å². The Morgan fingerprint density at radius 3 is 2.75 bits per heavy atom. The second kappa shape index (κ2) is 9.85. The number of hydrogen-bond donors (Lipinski definition) is 3. The molecule has 0 bridgehead atoms. The topological polar surface area (TPSA) is 109 Å². The molecule has 170 valence electrons. The van der Waals surface area contributed by atoms with Crippen LogP contribution >= 0.6 is 11.6 Å². The van der Waals surface area contributed by atoms with Crippen LogP contribution in [-0.4, -0.2) is 53.2 Å². The fourth-order valence-electron chi connectivity index (χ4n) is 4.27. The molecule has 8 nitrogen and oxygen atoms in total. The number of carbonyl (C=O) groups is 1. The van der Waals surface area contributed by atoms with Crippen molar-refractivity contribution in [1.82, 2.24) is 20.3 Å². The summed E-state index contributed by atoms with van der Waals surface area (Å²) in [5.74, 6) is 0.859. The normalized spacial score (nSPS) is 16.8. The first-order chi connectivity index (χ1) is 15.5. The van der Waals surface area contributed by atoms with E-state index in [0.717, 1.165) is 35.5 Å². The molecule has 1 aliphatic rings. The second-order valence-electron chi connectivity index (χ2n) is 8.42. The largest absolute Gasteiger partial charge is 0.385 e. The first kappa shape index (κ1) is 22.5. The fourth-order valence-corrected chi connectivity index (χ4v) is 4.40. The molecule has 0 saturated carbocycles. The molecule has 4 N–H and O–H groups in total. The van der Waals surface area contributed by atoms with Gasteiger partial charge in [-0.25, -0.2) is 9.97 Å². The molecule has 0 spiro atoms. The molecule has 9 heteroatoms. The highest BCUT2D eigenvalue weighted by Gasteiger charge is 2.34. The molecular formula is C23H29ClN6O2. The summed E-state index contributed by atoms with van der Waals surface area (Å²) in [5, 5.41) is 4.81. The highest BCUT2D eigenvalue weighted by atomic mass is 35.5. The van der Waals surface area contributed by atoms with Gasteiger partial charge in [0.15, 0.2) is 0 Å². The van der Waals surface area contributed by atoms with Crippen molar-refractivity contribution in [3.05, 3.63) is 53.4 Å². The van der Waals surface area contributed by atoms with E-state index in [0.29, 0.717) is 30.9 Å². The summed E-state index contributed by atoms with van der Waals surface area (Å²) in [6.45, 7) is 2.03. The molecular weight excluding hydrogens is 428 g/mol. The second-order valence-corrected chi connectivity index (χ2v) is 8.85. The minimum atomic E-state index is -0.545. The summed E-state index contributed by atoms with van der Waals surface area (Å²) < 4.78 is 5.23. The average Bonchev–Trinajstić information content (AvgIpc) is 3.27. The Bertz CT molecular complexity index is 1050. The van der Waals surface area contributed by atoms with Gasteiger partial charge in [0.25, 0.3) is 0 Å². The number of hydrogen-bond acceptors (Lipinski definition) is 6. The van der Waals surface area contributed by atoms with Crippen molar-refractivity contribution in [2.75, 3.05) is 31.7 Å². The first-order valence-electron chi connectivity index (χ1n) is 10.8. The van der Waals surface area contributed by atoms with Gasteiger partial charge < -0.3 is 25.7 Å². The number of fused-ring (bicyclic) bond motifs is 1. The summed E-state index contributed by atoms with van der Waals surface area (Å²) in [4.78, 5) is 27.0. The molecule has 2 aromatic heterocycles. The lowest BCUT2D eigenvalue weighted by atomic mass is 9.85. The quantitative estimate of drug-likeness (QED) is 0.480. The SMILES string of the molecule is COCCC(NC(=O)CC1(N)CCN(c2ncnc3[nH]ccc23)CC1)c1ccc(Cl)cc1. The number of carbonyl (C=O) groups excluding carboxylic acids is 1. The van der Waals surface area contributed by atoms with Gasteiger partial charge in [0.05, 0.1) is 11.4 Å². The molecule has 4 rings (SSSR count). The third-order valence-electron chi connectivity index (χ3n) is 6.12. The van der Waals surface area contributed by atoms with Crippen LogP contribution in [0.3, 0.4) is 0 Å². The maximum absolute atomic E-state index is 12.9. The van der Waals surface area contributed by atoms with Crippen LogP contribution in [0.5, 0.6) is 0 Å². The molecule has 1 aromatic carbocycles. The van der Waals surface area contributed by atoms with Gasteiger partial charge in [-0.3, -0.25) is 4.79 Å². The molecule has 0 aliphatic carbocycles. The van der Waals surface area contributed by atoms with Crippen molar-refractivity contribution < 1.29 is 9.53 Å². The van der Waals surface area contributed by atoms with Crippen molar-refractivity contribution in [1.29, 1.82) is 0 Å². The van der Waals surface area contributed by atoms with Crippen molar-refractivity contribution in [2.24, 2.45) is 5.73 Å². The van der Waals surface area contributed by atoms with E-state index in [1.165, 1.54) is 0 Å². The van der Waals surface area contributed by atoms with Crippen molar-refractivity contribution in [2.45, 2.75) is 37.3 Å². The predicted octanol–water partition coefficient (Wildman–Crippen LogP) is 3.19. The third-order valence-corrected chi connectivity index (χ3v) is 6.37. The molecule has 1 atom stereocenters. The molecule has 3 heterocycles. The van der Waals surface area contributed by atoms with Gasteiger partial charge in [-0.15, -0.1) is 0 Å². The van der Waals surface area contributed by atoms with Crippen LogP contribution in [0.1, 0.15) is 37.3 Å². The van der Waals surface area contributed by atoms with Crippen molar-refractivity contribution >= 4 is 34.4 Å². The van der Waals surface area contributed by atoms with Gasteiger partial charge in [0.1, 0.15) is 17.8 Å². The van der Waals surface area contributed by atoms with Gasteiger partial charge in [-0.05, 0) is 43.0 Å². The third kappa shape index (κ3) is 5.20. The molecule has 3 aromatic rings. The molecule has 1 aliphatic heterocycles. The Kier molecular flexibility index (Phi) is 6.93. The lowest BCUT2D eigenvalue weighted by Crippen LogP contribution is -2.53. The van der Waals surface area contributed by atoms with Crippen LogP contribution < -0.4 is 16.0 Å². The molecule has 1 amide bonds. The van der Waals surface area contributed by atoms with E-state index in [2.05, 4.69) is 25.2 Å². The molecule has 32 heavy (non-hydrogen) atoms. The van der Waals surface area contributed by atoms with E-state index in [9.17, 15) is 4.79 Å². The van der Waals surface area contributed by atoms with Crippen LogP contribution in [0, 0.1) is 0 Å². The Morgan fingerprint density at radius 2 is 2.03 bits per heavy atom. The fraction of sp³-hybridized carbons (Fsp3) is 0.435. The number of amides is 1. The number of aromatic nitrogens is 3. The zero-order valence-corrected chi connectivity index (χ0v) is 18.9. The number of nitrogens with two attached hydrogens (primary N) is 1. The lowest BCUT2D eigenvalue weighted by molar-refractivity contribution is -0.123. The van der Waals surface area contributed by atoms with Crippen LogP contribution in [0.15, 0.2) is 42.9 Å². The minimum Gasteiger partial charge on any atom is -0.385 e.